The third-order valence-corrected chi connectivity index (χ3v) is 2.32. The molecule has 96 valence electrons. The molecule has 0 fully saturated rings. The second kappa shape index (κ2) is 6.21. The molecule has 0 heterocycles. The first-order chi connectivity index (χ1) is 7.17. The van der Waals surface area contributed by atoms with Crippen LogP contribution in [0, 0.1) is 5.92 Å². The fraction of sp³-hybridized carbons (Fsp3) is 0.917. The van der Waals surface area contributed by atoms with Gasteiger partial charge >= 0.3 is 5.97 Å². The molecule has 0 aromatic rings. The van der Waals surface area contributed by atoms with Crippen molar-refractivity contribution in [3.8, 4) is 0 Å². The zero-order valence-electron chi connectivity index (χ0n) is 11.3. The van der Waals surface area contributed by atoms with E-state index in [1.54, 1.807) is 0 Å². The molecular weight excluding hydrogens is 206 g/mol. The number of aliphatic hydroxyl groups is 1. The van der Waals surface area contributed by atoms with Gasteiger partial charge in [-0.15, -0.1) is 0 Å². The molecule has 0 amide bonds. The van der Waals surface area contributed by atoms with Gasteiger partial charge < -0.3 is 9.84 Å². The first-order valence-electron chi connectivity index (χ1n) is 5.70. The molecule has 0 saturated carbocycles. The second-order valence-electron chi connectivity index (χ2n) is 5.50. The molecular formula is C12H25NO3. The summed E-state index contributed by atoms with van der Waals surface area (Å²) in [5.41, 5.74) is -0.454. The molecule has 0 aromatic carbocycles. The van der Waals surface area contributed by atoms with Crippen LogP contribution in [0.5, 0.6) is 0 Å². The Kier molecular flexibility index (Phi) is 5.97. The van der Waals surface area contributed by atoms with Gasteiger partial charge in [-0.25, -0.2) is 0 Å². The van der Waals surface area contributed by atoms with Crippen molar-refractivity contribution in [3.05, 3.63) is 0 Å². The Bertz CT molecular complexity index is 221. The van der Waals surface area contributed by atoms with Crippen LogP contribution in [0.1, 0.15) is 34.6 Å². The summed E-state index contributed by atoms with van der Waals surface area (Å²) in [5, 5.41) is 9.22. The number of rotatable bonds is 5. The van der Waals surface area contributed by atoms with Gasteiger partial charge in [0.05, 0.1) is 13.2 Å². The fourth-order valence-corrected chi connectivity index (χ4v) is 1.55. The van der Waals surface area contributed by atoms with Crippen LogP contribution in [0.15, 0.2) is 0 Å². The van der Waals surface area contributed by atoms with Crippen LogP contribution >= 0.6 is 0 Å². The number of carbonyl (C=O) groups is 1. The van der Waals surface area contributed by atoms with Gasteiger partial charge in [0, 0.05) is 6.04 Å². The number of nitrogens with zero attached hydrogens (tertiary/aromatic N) is 1. The number of aliphatic hydroxyl groups excluding tert-OH is 1. The molecule has 0 aromatic heterocycles. The number of likely N-dealkylation sites (N-methyl/N-ethyl adjacent to an activating group) is 1. The Labute approximate surface area is 98.6 Å². The molecule has 0 rings (SSSR count). The summed E-state index contributed by atoms with van der Waals surface area (Å²) in [6.45, 7) is 9.83. The molecule has 0 spiro atoms. The number of ether oxygens (including phenoxy) is 1. The van der Waals surface area contributed by atoms with Crippen molar-refractivity contribution in [3.63, 3.8) is 0 Å². The maximum absolute atomic E-state index is 11.6. The molecule has 0 unspecified atom stereocenters. The quantitative estimate of drug-likeness (QED) is 0.724. The van der Waals surface area contributed by atoms with Crippen LogP contribution < -0.4 is 0 Å². The van der Waals surface area contributed by atoms with Crippen molar-refractivity contribution in [1.82, 2.24) is 4.90 Å². The van der Waals surface area contributed by atoms with Gasteiger partial charge in [-0.3, -0.25) is 9.69 Å². The molecule has 0 saturated heterocycles. The van der Waals surface area contributed by atoms with Crippen LogP contribution in [0.2, 0.25) is 0 Å². The smallest absolute Gasteiger partial charge is 0.320 e. The highest BCUT2D eigenvalue weighted by atomic mass is 16.6. The van der Waals surface area contributed by atoms with E-state index in [4.69, 9.17) is 4.74 Å². The minimum absolute atomic E-state index is 0.00693. The van der Waals surface area contributed by atoms with Crippen LogP contribution in [-0.4, -0.2) is 47.8 Å². The molecule has 1 N–H and O–H groups in total. The summed E-state index contributed by atoms with van der Waals surface area (Å²) in [6, 6.07) is -0.00693. The molecule has 1 atom stereocenters. The zero-order valence-corrected chi connectivity index (χ0v) is 11.3. The predicted molar refractivity (Wildman–Crippen MR) is 64.2 cm³/mol. The summed E-state index contributed by atoms with van der Waals surface area (Å²) in [4.78, 5) is 13.4. The van der Waals surface area contributed by atoms with E-state index < -0.39 is 5.60 Å². The molecule has 0 bridgehead atoms. The number of carbonyl (C=O) groups excluding carboxylic acids is 1. The highest BCUT2D eigenvalue weighted by Crippen LogP contribution is 2.11. The third-order valence-electron chi connectivity index (χ3n) is 2.32. The summed E-state index contributed by atoms with van der Waals surface area (Å²) in [6.07, 6.45) is 0. The summed E-state index contributed by atoms with van der Waals surface area (Å²) >= 11 is 0. The zero-order chi connectivity index (χ0) is 12.9. The van der Waals surface area contributed by atoms with Gasteiger partial charge in [0.15, 0.2) is 0 Å². The van der Waals surface area contributed by atoms with Gasteiger partial charge in [-0.05, 0) is 33.7 Å². The number of esters is 1. The lowest BCUT2D eigenvalue weighted by molar-refractivity contribution is -0.156. The Balaban J connectivity index is 4.22. The van der Waals surface area contributed by atoms with E-state index in [0.29, 0.717) is 5.92 Å². The SMILES string of the molecule is CC(C)[C@@H](CO)N(C)CC(=O)OC(C)(C)C. The average Bonchev–Trinajstić information content (AvgIpc) is 1.99. The Morgan fingerprint density at radius 3 is 2.19 bits per heavy atom. The molecule has 4 heteroatoms. The lowest BCUT2D eigenvalue weighted by Gasteiger charge is -2.29. The summed E-state index contributed by atoms with van der Waals surface area (Å²) in [5.74, 6) is 0.0477. The Morgan fingerprint density at radius 1 is 1.38 bits per heavy atom. The first kappa shape index (κ1) is 15.4. The Morgan fingerprint density at radius 2 is 1.88 bits per heavy atom. The van der Waals surface area contributed by atoms with Gasteiger partial charge in [0.2, 0.25) is 0 Å². The highest BCUT2D eigenvalue weighted by Gasteiger charge is 2.22. The molecule has 0 aliphatic carbocycles. The maximum Gasteiger partial charge on any atom is 0.320 e. The van der Waals surface area contributed by atoms with Crippen LogP contribution in [-0.2, 0) is 9.53 Å². The lowest BCUT2D eigenvalue weighted by Crippen LogP contribution is -2.43. The van der Waals surface area contributed by atoms with E-state index >= 15 is 0 Å². The Hall–Kier alpha value is -0.610. The molecule has 16 heavy (non-hydrogen) atoms. The van der Waals surface area contributed by atoms with Crippen LogP contribution in [0.25, 0.3) is 0 Å². The van der Waals surface area contributed by atoms with Crippen molar-refractivity contribution in [1.29, 1.82) is 0 Å². The summed E-state index contributed by atoms with van der Waals surface area (Å²) in [7, 11) is 1.82. The standard InChI is InChI=1S/C12H25NO3/c1-9(2)10(8-14)13(6)7-11(15)16-12(3,4)5/h9-10,14H,7-8H2,1-6H3/t10-/m1/s1. The van der Waals surface area contributed by atoms with E-state index in [-0.39, 0.29) is 25.2 Å². The van der Waals surface area contributed by atoms with Crippen molar-refractivity contribution in [2.24, 2.45) is 5.92 Å². The van der Waals surface area contributed by atoms with Gasteiger partial charge in [-0.1, -0.05) is 13.8 Å². The molecule has 0 aliphatic heterocycles. The van der Waals surface area contributed by atoms with E-state index in [1.165, 1.54) is 0 Å². The van der Waals surface area contributed by atoms with E-state index in [0.717, 1.165) is 0 Å². The van der Waals surface area contributed by atoms with Crippen molar-refractivity contribution < 1.29 is 14.6 Å². The fourth-order valence-electron chi connectivity index (χ4n) is 1.55. The lowest BCUT2D eigenvalue weighted by atomic mass is 10.0. The maximum atomic E-state index is 11.6. The van der Waals surface area contributed by atoms with Crippen LogP contribution in [0.3, 0.4) is 0 Å². The van der Waals surface area contributed by atoms with Crippen molar-refractivity contribution in [2.45, 2.75) is 46.3 Å². The monoisotopic (exact) mass is 231 g/mol. The second-order valence-corrected chi connectivity index (χ2v) is 5.50. The minimum atomic E-state index is -0.454. The highest BCUT2D eigenvalue weighted by molar-refractivity contribution is 5.72. The number of hydrogen-bond donors (Lipinski definition) is 1. The third kappa shape index (κ3) is 6.08. The average molecular weight is 231 g/mol. The van der Waals surface area contributed by atoms with E-state index in [2.05, 4.69) is 0 Å². The largest absolute Gasteiger partial charge is 0.459 e. The van der Waals surface area contributed by atoms with Crippen molar-refractivity contribution >= 4 is 5.97 Å². The normalized spacial score (nSPS) is 14.3. The molecule has 0 aliphatic rings. The van der Waals surface area contributed by atoms with E-state index in [1.807, 2.05) is 46.6 Å². The number of hydrogen-bond acceptors (Lipinski definition) is 4. The van der Waals surface area contributed by atoms with Gasteiger partial charge in [0.25, 0.3) is 0 Å². The predicted octanol–water partition coefficient (Wildman–Crippen LogP) is 1.28. The minimum Gasteiger partial charge on any atom is -0.459 e. The first-order valence-corrected chi connectivity index (χ1v) is 5.70. The van der Waals surface area contributed by atoms with Gasteiger partial charge in [0.1, 0.15) is 5.60 Å². The van der Waals surface area contributed by atoms with Gasteiger partial charge in [-0.2, -0.15) is 0 Å². The van der Waals surface area contributed by atoms with Crippen molar-refractivity contribution in [2.75, 3.05) is 20.2 Å². The molecule has 0 radical (unpaired) electrons. The molecule has 4 nitrogen and oxygen atoms in total. The summed E-state index contributed by atoms with van der Waals surface area (Å²) < 4.78 is 5.22. The van der Waals surface area contributed by atoms with Crippen LogP contribution in [0.4, 0.5) is 0 Å². The topological polar surface area (TPSA) is 49.8 Å². The van der Waals surface area contributed by atoms with E-state index in [9.17, 15) is 9.90 Å².